The van der Waals surface area contributed by atoms with Gasteiger partial charge in [0.25, 0.3) is 0 Å². The molecule has 0 aliphatic carbocycles. The number of carbonyl (C=O) groups excluding carboxylic acids is 1. The highest BCUT2D eigenvalue weighted by Crippen LogP contribution is 2.32. The van der Waals surface area contributed by atoms with Crippen LogP contribution in [0.3, 0.4) is 0 Å². The van der Waals surface area contributed by atoms with Crippen LogP contribution in [0.5, 0.6) is 23.0 Å². The summed E-state index contributed by atoms with van der Waals surface area (Å²) in [6, 6.07) is 12.5. The lowest BCUT2D eigenvalue weighted by atomic mass is 10.1. The number of ether oxygens (including phenoxy) is 5. The quantitative estimate of drug-likeness (QED) is 0.330. The summed E-state index contributed by atoms with van der Waals surface area (Å²) in [7, 11) is 3.19. The number of esters is 1. The molecule has 0 spiro atoms. The van der Waals surface area contributed by atoms with Crippen molar-refractivity contribution >= 4 is 12.0 Å². The fourth-order valence-electron chi connectivity index (χ4n) is 2.66. The summed E-state index contributed by atoms with van der Waals surface area (Å²) < 4.78 is 27.2. The highest BCUT2D eigenvalue weighted by atomic mass is 16.5. The van der Waals surface area contributed by atoms with Gasteiger partial charge in [-0.2, -0.15) is 5.26 Å². The van der Waals surface area contributed by atoms with Crippen molar-refractivity contribution < 1.29 is 28.5 Å². The Morgan fingerprint density at radius 1 is 0.967 bits per heavy atom. The van der Waals surface area contributed by atoms with Crippen LogP contribution in [0.1, 0.15) is 25.0 Å². The van der Waals surface area contributed by atoms with E-state index in [0.29, 0.717) is 35.2 Å². The highest BCUT2D eigenvalue weighted by molar-refractivity contribution is 5.97. The Morgan fingerprint density at radius 2 is 1.73 bits per heavy atom. The van der Waals surface area contributed by atoms with Crippen LogP contribution in [0.4, 0.5) is 0 Å². The van der Waals surface area contributed by atoms with Gasteiger partial charge in [0.15, 0.2) is 11.5 Å². The van der Waals surface area contributed by atoms with Crippen molar-refractivity contribution in [2.75, 3.05) is 27.4 Å². The average Bonchev–Trinajstić information content (AvgIpc) is 2.76. The van der Waals surface area contributed by atoms with E-state index < -0.39 is 5.97 Å². The Morgan fingerprint density at radius 3 is 2.37 bits per heavy atom. The molecule has 2 rings (SSSR count). The summed E-state index contributed by atoms with van der Waals surface area (Å²) in [6.07, 6.45) is 1.45. The maximum absolute atomic E-state index is 11.8. The van der Waals surface area contributed by atoms with Crippen molar-refractivity contribution in [2.24, 2.45) is 0 Å². The molecule has 7 heteroatoms. The zero-order valence-corrected chi connectivity index (χ0v) is 17.6. The Balaban J connectivity index is 2.28. The van der Waals surface area contributed by atoms with Crippen LogP contribution in [0, 0.1) is 11.3 Å². The van der Waals surface area contributed by atoms with E-state index in [1.807, 2.05) is 31.2 Å². The molecule has 0 bridgehead atoms. The lowest BCUT2D eigenvalue weighted by Crippen LogP contribution is -2.06. The summed E-state index contributed by atoms with van der Waals surface area (Å²) in [5.74, 6) is 1.73. The van der Waals surface area contributed by atoms with Crippen LogP contribution >= 0.6 is 0 Å². The van der Waals surface area contributed by atoms with E-state index in [2.05, 4.69) is 0 Å². The van der Waals surface area contributed by atoms with E-state index in [9.17, 15) is 10.1 Å². The average molecular weight is 411 g/mol. The molecule has 0 saturated heterocycles. The van der Waals surface area contributed by atoms with Gasteiger partial charge in [0, 0.05) is 5.56 Å². The molecule has 0 fully saturated rings. The third-order valence-electron chi connectivity index (χ3n) is 4.07. The van der Waals surface area contributed by atoms with Crippen LogP contribution in [0.25, 0.3) is 6.08 Å². The minimum atomic E-state index is -0.664. The Hall–Kier alpha value is -3.66. The molecule has 0 atom stereocenters. The minimum Gasteiger partial charge on any atom is -0.497 e. The Labute approximate surface area is 176 Å². The molecule has 0 heterocycles. The van der Waals surface area contributed by atoms with Crippen LogP contribution in [0.2, 0.25) is 0 Å². The number of nitriles is 1. The molecule has 158 valence electrons. The molecule has 0 unspecified atom stereocenters. The number of hydrogen-bond donors (Lipinski definition) is 0. The molecule has 2 aromatic rings. The van der Waals surface area contributed by atoms with Crippen LogP contribution in [0.15, 0.2) is 42.0 Å². The molecule has 7 nitrogen and oxygen atoms in total. The van der Waals surface area contributed by atoms with Gasteiger partial charge in [-0.1, -0.05) is 6.07 Å². The number of nitrogens with zero attached hydrogens (tertiary/aromatic N) is 1. The first kappa shape index (κ1) is 22.6. The molecule has 0 aliphatic heterocycles. The summed E-state index contributed by atoms with van der Waals surface area (Å²) in [6.45, 7) is 4.40. The molecule has 0 N–H and O–H groups in total. The van der Waals surface area contributed by atoms with Gasteiger partial charge in [-0.15, -0.1) is 0 Å². The van der Waals surface area contributed by atoms with Crippen molar-refractivity contribution in [2.45, 2.75) is 20.5 Å². The molecular formula is C23H25NO6. The fourth-order valence-corrected chi connectivity index (χ4v) is 2.66. The lowest BCUT2D eigenvalue weighted by Gasteiger charge is -2.15. The first-order chi connectivity index (χ1) is 14.6. The van der Waals surface area contributed by atoms with Crippen molar-refractivity contribution in [3.05, 3.63) is 53.1 Å². The number of benzene rings is 2. The Bertz CT molecular complexity index is 945. The van der Waals surface area contributed by atoms with Gasteiger partial charge in [0.05, 0.1) is 27.4 Å². The first-order valence-electron chi connectivity index (χ1n) is 9.45. The molecule has 30 heavy (non-hydrogen) atoms. The van der Waals surface area contributed by atoms with Crippen molar-refractivity contribution in [1.29, 1.82) is 5.26 Å². The maximum Gasteiger partial charge on any atom is 0.348 e. The van der Waals surface area contributed by atoms with E-state index in [4.69, 9.17) is 23.7 Å². The zero-order valence-electron chi connectivity index (χ0n) is 17.6. The first-order valence-corrected chi connectivity index (χ1v) is 9.45. The van der Waals surface area contributed by atoms with Gasteiger partial charge in [-0.05, 0) is 55.8 Å². The summed E-state index contributed by atoms with van der Waals surface area (Å²) in [4.78, 5) is 11.8. The van der Waals surface area contributed by atoms with Crippen LogP contribution in [-0.2, 0) is 16.1 Å². The van der Waals surface area contributed by atoms with Gasteiger partial charge >= 0.3 is 5.97 Å². The minimum absolute atomic E-state index is 0.0888. The third-order valence-corrected chi connectivity index (χ3v) is 4.07. The Kier molecular flexibility index (Phi) is 8.57. The number of rotatable bonds is 10. The number of hydrogen-bond acceptors (Lipinski definition) is 7. The fraction of sp³-hybridized carbons (Fsp3) is 0.304. The van der Waals surface area contributed by atoms with E-state index >= 15 is 0 Å². The van der Waals surface area contributed by atoms with Crippen LogP contribution < -0.4 is 18.9 Å². The second kappa shape index (κ2) is 11.4. The molecule has 0 aliphatic rings. The van der Waals surface area contributed by atoms with Gasteiger partial charge < -0.3 is 23.7 Å². The van der Waals surface area contributed by atoms with E-state index in [-0.39, 0.29) is 18.8 Å². The smallest absolute Gasteiger partial charge is 0.348 e. The molecule has 0 saturated carbocycles. The SMILES string of the molecule is CCOC(=O)/C(C#N)=C/c1ccc(OCc2cc(OC)ccc2OC)c(OCC)c1. The van der Waals surface area contributed by atoms with Gasteiger partial charge in [-0.3, -0.25) is 0 Å². The normalized spacial score (nSPS) is 10.7. The van der Waals surface area contributed by atoms with Gasteiger partial charge in [0.2, 0.25) is 0 Å². The van der Waals surface area contributed by atoms with E-state index in [1.54, 1.807) is 39.3 Å². The van der Waals surface area contributed by atoms with Crippen molar-refractivity contribution in [1.82, 2.24) is 0 Å². The zero-order chi connectivity index (χ0) is 21.9. The molecule has 0 amide bonds. The molecular weight excluding hydrogens is 386 g/mol. The van der Waals surface area contributed by atoms with Crippen molar-refractivity contribution in [3.8, 4) is 29.1 Å². The standard InChI is InChI=1S/C23H25NO6/c1-5-28-22-12-16(11-17(14-24)23(25)29-6-2)7-9-21(22)30-15-18-13-19(26-3)8-10-20(18)27-4/h7-13H,5-6,15H2,1-4H3/b17-11+. The monoisotopic (exact) mass is 411 g/mol. The predicted octanol–water partition coefficient (Wildman–Crippen LogP) is 4.15. The summed E-state index contributed by atoms with van der Waals surface area (Å²) in [5.41, 5.74) is 1.35. The molecule has 0 radical (unpaired) electrons. The van der Waals surface area contributed by atoms with Crippen molar-refractivity contribution in [3.63, 3.8) is 0 Å². The topological polar surface area (TPSA) is 87.0 Å². The second-order valence-corrected chi connectivity index (χ2v) is 6.00. The maximum atomic E-state index is 11.8. The van der Waals surface area contributed by atoms with Gasteiger partial charge in [0.1, 0.15) is 29.7 Å². The van der Waals surface area contributed by atoms with Gasteiger partial charge in [-0.25, -0.2) is 4.79 Å². The van der Waals surface area contributed by atoms with Crippen LogP contribution in [-0.4, -0.2) is 33.4 Å². The molecule has 0 aromatic heterocycles. The third kappa shape index (κ3) is 5.92. The number of carbonyl (C=O) groups is 1. The molecule has 2 aromatic carbocycles. The predicted molar refractivity (Wildman–Crippen MR) is 112 cm³/mol. The largest absolute Gasteiger partial charge is 0.497 e. The van der Waals surface area contributed by atoms with E-state index in [1.165, 1.54) is 6.08 Å². The summed E-state index contributed by atoms with van der Waals surface area (Å²) >= 11 is 0. The number of methoxy groups -OCH3 is 2. The highest BCUT2D eigenvalue weighted by Gasteiger charge is 2.13. The lowest BCUT2D eigenvalue weighted by molar-refractivity contribution is -0.137. The summed E-state index contributed by atoms with van der Waals surface area (Å²) in [5, 5.41) is 9.22. The second-order valence-electron chi connectivity index (χ2n) is 6.00. The van der Waals surface area contributed by atoms with E-state index in [0.717, 1.165) is 5.56 Å².